The predicted octanol–water partition coefficient (Wildman–Crippen LogP) is 1.32. The smallest absolute Gasteiger partial charge is 0.226 e. The maximum Gasteiger partial charge on any atom is 0.226 e. The zero-order valence-corrected chi connectivity index (χ0v) is 12.4. The minimum absolute atomic E-state index is 0. The molecule has 6 heteroatoms. The number of piperazine rings is 1. The first kappa shape index (κ1) is 16.6. The van der Waals surface area contributed by atoms with E-state index < -0.39 is 0 Å². The van der Waals surface area contributed by atoms with Crippen LogP contribution in [0.3, 0.4) is 0 Å². The van der Waals surface area contributed by atoms with Crippen molar-refractivity contribution in [2.75, 3.05) is 39.9 Å². The molecule has 0 radical (unpaired) electrons. The highest BCUT2D eigenvalue weighted by Gasteiger charge is 2.15. The van der Waals surface area contributed by atoms with Crippen molar-refractivity contribution in [1.82, 2.24) is 10.2 Å². The largest absolute Gasteiger partial charge is 0.497 e. The standard InChI is InChI=1S/C14H20N2O3.ClH/c1-18-12-2-4-13(5-3-12)19-11-6-14(17)16-9-7-15-8-10-16;/h2-5,15H,6-11H2,1H3;1H. The third-order valence-electron chi connectivity index (χ3n) is 3.11. The van der Waals surface area contributed by atoms with Crippen LogP contribution >= 0.6 is 12.4 Å². The molecular weight excluding hydrogens is 280 g/mol. The maximum atomic E-state index is 11.9. The zero-order valence-electron chi connectivity index (χ0n) is 11.6. The van der Waals surface area contributed by atoms with Crippen LogP contribution in [0.5, 0.6) is 11.5 Å². The van der Waals surface area contributed by atoms with Crippen molar-refractivity contribution in [2.24, 2.45) is 0 Å². The summed E-state index contributed by atoms with van der Waals surface area (Å²) in [5, 5.41) is 3.23. The van der Waals surface area contributed by atoms with Crippen molar-refractivity contribution in [1.29, 1.82) is 0 Å². The Morgan fingerprint density at radius 1 is 1.20 bits per heavy atom. The van der Waals surface area contributed by atoms with Crippen molar-refractivity contribution in [3.63, 3.8) is 0 Å². The van der Waals surface area contributed by atoms with Gasteiger partial charge < -0.3 is 19.7 Å². The molecule has 1 N–H and O–H groups in total. The second-order valence-corrected chi connectivity index (χ2v) is 4.40. The molecule has 1 saturated heterocycles. The lowest BCUT2D eigenvalue weighted by Gasteiger charge is -2.27. The summed E-state index contributed by atoms with van der Waals surface area (Å²) in [5.41, 5.74) is 0. The lowest BCUT2D eigenvalue weighted by Crippen LogP contribution is -2.46. The van der Waals surface area contributed by atoms with Crippen molar-refractivity contribution in [2.45, 2.75) is 6.42 Å². The molecule has 0 spiro atoms. The Balaban J connectivity index is 0.00000200. The average Bonchev–Trinajstić information content (AvgIpc) is 2.49. The fraction of sp³-hybridized carbons (Fsp3) is 0.500. The van der Waals surface area contributed by atoms with Crippen LogP contribution in [-0.4, -0.2) is 50.7 Å². The summed E-state index contributed by atoms with van der Waals surface area (Å²) in [6.45, 7) is 3.76. The molecule has 0 aromatic heterocycles. The van der Waals surface area contributed by atoms with Crippen LogP contribution in [-0.2, 0) is 4.79 Å². The molecule has 1 aliphatic heterocycles. The van der Waals surface area contributed by atoms with Gasteiger partial charge in [0.25, 0.3) is 0 Å². The van der Waals surface area contributed by atoms with Gasteiger partial charge >= 0.3 is 0 Å². The number of carbonyl (C=O) groups excluding carboxylic acids is 1. The molecule has 5 nitrogen and oxygen atoms in total. The Morgan fingerprint density at radius 2 is 1.80 bits per heavy atom. The molecule has 1 heterocycles. The van der Waals surface area contributed by atoms with E-state index in [1.54, 1.807) is 7.11 Å². The number of halogens is 1. The fourth-order valence-electron chi connectivity index (χ4n) is 2.00. The van der Waals surface area contributed by atoms with E-state index in [9.17, 15) is 4.79 Å². The number of amides is 1. The molecule has 1 aromatic rings. The quantitative estimate of drug-likeness (QED) is 0.891. The van der Waals surface area contributed by atoms with Gasteiger partial charge in [-0.05, 0) is 24.3 Å². The van der Waals surface area contributed by atoms with Crippen LogP contribution in [0.4, 0.5) is 0 Å². The highest BCUT2D eigenvalue weighted by atomic mass is 35.5. The Hall–Kier alpha value is -1.46. The minimum atomic E-state index is 0. The molecule has 1 aliphatic rings. The van der Waals surface area contributed by atoms with Crippen molar-refractivity contribution in [3.05, 3.63) is 24.3 Å². The third-order valence-corrected chi connectivity index (χ3v) is 3.11. The van der Waals surface area contributed by atoms with Crippen molar-refractivity contribution in [3.8, 4) is 11.5 Å². The summed E-state index contributed by atoms with van der Waals surface area (Å²) in [7, 11) is 1.63. The molecule has 0 atom stereocenters. The summed E-state index contributed by atoms with van der Waals surface area (Å²) >= 11 is 0. The number of nitrogens with zero attached hydrogens (tertiary/aromatic N) is 1. The maximum absolute atomic E-state index is 11.9. The van der Waals surface area contributed by atoms with Gasteiger partial charge in [-0.2, -0.15) is 0 Å². The van der Waals surface area contributed by atoms with Crippen LogP contribution in [0, 0.1) is 0 Å². The number of hydrogen-bond acceptors (Lipinski definition) is 4. The van der Waals surface area contributed by atoms with Crippen molar-refractivity contribution < 1.29 is 14.3 Å². The molecule has 0 aliphatic carbocycles. The minimum Gasteiger partial charge on any atom is -0.497 e. The Labute approximate surface area is 125 Å². The zero-order chi connectivity index (χ0) is 13.5. The summed E-state index contributed by atoms with van der Waals surface area (Å²) < 4.78 is 10.6. The van der Waals surface area contributed by atoms with Gasteiger partial charge in [0, 0.05) is 26.2 Å². The number of carbonyl (C=O) groups is 1. The number of rotatable bonds is 5. The number of ether oxygens (including phenoxy) is 2. The van der Waals surface area contributed by atoms with E-state index in [4.69, 9.17) is 9.47 Å². The number of benzene rings is 1. The summed E-state index contributed by atoms with van der Waals surface area (Å²) in [6, 6.07) is 7.36. The summed E-state index contributed by atoms with van der Waals surface area (Å²) in [4.78, 5) is 13.8. The average molecular weight is 301 g/mol. The molecule has 2 rings (SSSR count). The topological polar surface area (TPSA) is 50.8 Å². The third kappa shape index (κ3) is 4.90. The Morgan fingerprint density at radius 3 is 2.40 bits per heavy atom. The highest BCUT2D eigenvalue weighted by molar-refractivity contribution is 5.85. The van der Waals surface area contributed by atoms with E-state index in [1.165, 1.54) is 0 Å². The van der Waals surface area contributed by atoms with E-state index in [1.807, 2.05) is 29.2 Å². The second-order valence-electron chi connectivity index (χ2n) is 4.40. The first-order chi connectivity index (χ1) is 9.29. The van der Waals surface area contributed by atoms with Gasteiger partial charge in [0.15, 0.2) is 0 Å². The number of methoxy groups -OCH3 is 1. The molecule has 20 heavy (non-hydrogen) atoms. The highest BCUT2D eigenvalue weighted by Crippen LogP contribution is 2.17. The van der Waals surface area contributed by atoms with Crippen LogP contribution in [0.1, 0.15) is 6.42 Å². The Kier molecular flexibility index (Phi) is 7.18. The van der Waals surface area contributed by atoms with Gasteiger partial charge in [0.1, 0.15) is 11.5 Å². The Bertz CT molecular complexity index is 405. The number of hydrogen-bond donors (Lipinski definition) is 1. The van der Waals surface area contributed by atoms with Gasteiger partial charge in [-0.25, -0.2) is 0 Å². The van der Waals surface area contributed by atoms with Gasteiger partial charge in [0.05, 0.1) is 20.1 Å². The first-order valence-electron chi connectivity index (χ1n) is 6.55. The molecule has 1 fully saturated rings. The van der Waals surface area contributed by atoms with E-state index in [2.05, 4.69) is 5.32 Å². The lowest BCUT2D eigenvalue weighted by molar-refractivity contribution is -0.132. The van der Waals surface area contributed by atoms with Crippen LogP contribution in [0.2, 0.25) is 0 Å². The molecular formula is C14H21ClN2O3. The SMILES string of the molecule is COc1ccc(OCCC(=O)N2CCNCC2)cc1.Cl. The molecule has 0 bridgehead atoms. The van der Waals surface area contributed by atoms with Gasteiger partial charge in [0.2, 0.25) is 5.91 Å². The van der Waals surface area contributed by atoms with Gasteiger partial charge in [-0.3, -0.25) is 4.79 Å². The molecule has 1 aromatic carbocycles. The van der Waals surface area contributed by atoms with Crippen molar-refractivity contribution >= 4 is 18.3 Å². The summed E-state index contributed by atoms with van der Waals surface area (Å²) in [6.07, 6.45) is 0.423. The second kappa shape index (κ2) is 8.66. The monoisotopic (exact) mass is 300 g/mol. The normalized spacial score (nSPS) is 14.3. The van der Waals surface area contributed by atoms with Gasteiger partial charge in [-0.1, -0.05) is 0 Å². The predicted molar refractivity (Wildman–Crippen MR) is 79.8 cm³/mol. The summed E-state index contributed by atoms with van der Waals surface area (Å²) in [5.74, 6) is 1.72. The van der Waals surface area contributed by atoms with E-state index in [0.717, 1.165) is 37.7 Å². The first-order valence-corrected chi connectivity index (χ1v) is 6.55. The van der Waals surface area contributed by atoms with Gasteiger partial charge in [-0.15, -0.1) is 12.4 Å². The molecule has 0 saturated carbocycles. The van der Waals surface area contributed by atoms with Crippen LogP contribution in [0.25, 0.3) is 0 Å². The molecule has 112 valence electrons. The fourth-order valence-corrected chi connectivity index (χ4v) is 2.00. The van der Waals surface area contributed by atoms with Crippen LogP contribution < -0.4 is 14.8 Å². The number of nitrogens with one attached hydrogen (secondary N) is 1. The lowest BCUT2D eigenvalue weighted by atomic mass is 10.3. The molecule has 1 amide bonds. The molecule has 0 unspecified atom stereocenters. The van der Waals surface area contributed by atoms with E-state index >= 15 is 0 Å². The van der Waals surface area contributed by atoms with Crippen LogP contribution in [0.15, 0.2) is 24.3 Å². The van der Waals surface area contributed by atoms with E-state index in [0.29, 0.717) is 13.0 Å². The van der Waals surface area contributed by atoms with E-state index in [-0.39, 0.29) is 18.3 Å².